The molecule has 0 saturated carbocycles. The summed E-state index contributed by atoms with van der Waals surface area (Å²) in [5.74, 6) is -0.868. The minimum absolute atomic E-state index is 0.0729. The highest BCUT2D eigenvalue weighted by Crippen LogP contribution is 2.18. The molecule has 76 heavy (non-hydrogen) atoms. The van der Waals surface area contributed by atoms with Crippen LogP contribution in [0.4, 0.5) is 0 Å². The van der Waals surface area contributed by atoms with E-state index in [1.54, 1.807) is 0 Å². The molecule has 446 valence electrons. The molecule has 0 spiro atoms. The van der Waals surface area contributed by atoms with Crippen molar-refractivity contribution in [1.29, 1.82) is 0 Å². The Morgan fingerprint density at radius 3 is 0.750 bits per heavy atom. The standard InChI is InChI=1S/C70H130O6/c1-4-7-10-13-16-19-21-23-25-27-28-29-30-31-32-33-34-35-36-37-38-39-40-41-42-43-45-46-48-51-54-57-60-63-69(72)75-66-67(65-74-68(71)62-59-56-53-50-18-15-12-9-6-3)76-70(73)64-61-58-55-52-49-47-44-26-24-22-20-17-14-11-8-5-2/h20,22,26-28,44,67H,4-19,21,23-25,29-43,45-66H2,1-3H3/b22-20-,28-27-,44-26-. The van der Waals surface area contributed by atoms with Crippen LogP contribution in [0.25, 0.3) is 0 Å². The number of carbonyl (C=O) groups excluding carboxylic acids is 3. The zero-order valence-corrected chi connectivity index (χ0v) is 51.3. The van der Waals surface area contributed by atoms with Crippen molar-refractivity contribution in [3.8, 4) is 0 Å². The lowest BCUT2D eigenvalue weighted by Crippen LogP contribution is -2.30. The Labute approximate surface area is 474 Å². The molecule has 0 aliphatic heterocycles. The fourth-order valence-electron chi connectivity index (χ4n) is 10.2. The minimum Gasteiger partial charge on any atom is -0.462 e. The molecule has 0 aromatic heterocycles. The highest BCUT2D eigenvalue weighted by atomic mass is 16.6. The second-order valence-corrected chi connectivity index (χ2v) is 23.1. The van der Waals surface area contributed by atoms with Crippen LogP contribution >= 0.6 is 0 Å². The van der Waals surface area contributed by atoms with Crippen LogP contribution in [-0.4, -0.2) is 37.2 Å². The number of carbonyl (C=O) groups is 3. The Hall–Kier alpha value is -2.37. The molecule has 0 saturated heterocycles. The maximum absolute atomic E-state index is 12.9. The van der Waals surface area contributed by atoms with E-state index in [2.05, 4.69) is 57.2 Å². The van der Waals surface area contributed by atoms with E-state index in [0.717, 1.165) is 77.0 Å². The van der Waals surface area contributed by atoms with E-state index < -0.39 is 6.10 Å². The summed E-state index contributed by atoms with van der Waals surface area (Å²) >= 11 is 0. The summed E-state index contributed by atoms with van der Waals surface area (Å²) in [6.45, 7) is 6.64. The molecule has 1 unspecified atom stereocenters. The van der Waals surface area contributed by atoms with Gasteiger partial charge in [-0.15, -0.1) is 0 Å². The van der Waals surface area contributed by atoms with Crippen molar-refractivity contribution in [2.75, 3.05) is 13.2 Å². The average molecular weight is 1070 g/mol. The molecule has 6 nitrogen and oxygen atoms in total. The summed E-state index contributed by atoms with van der Waals surface area (Å²) in [6, 6.07) is 0. The molecular weight excluding hydrogens is 937 g/mol. The van der Waals surface area contributed by atoms with E-state index in [9.17, 15) is 14.4 Å². The van der Waals surface area contributed by atoms with Crippen LogP contribution in [0.2, 0.25) is 0 Å². The highest BCUT2D eigenvalue weighted by molar-refractivity contribution is 5.71. The van der Waals surface area contributed by atoms with Crippen molar-refractivity contribution >= 4 is 17.9 Å². The minimum atomic E-state index is -0.775. The van der Waals surface area contributed by atoms with Gasteiger partial charge in [0, 0.05) is 19.3 Å². The predicted octanol–water partition coefficient (Wildman–Crippen LogP) is 23.2. The number of esters is 3. The van der Waals surface area contributed by atoms with Gasteiger partial charge in [-0.2, -0.15) is 0 Å². The number of allylic oxidation sites excluding steroid dienone is 6. The van der Waals surface area contributed by atoms with Gasteiger partial charge in [0.05, 0.1) is 0 Å². The zero-order chi connectivity index (χ0) is 55.0. The van der Waals surface area contributed by atoms with Crippen LogP contribution in [0, 0.1) is 0 Å². The molecule has 0 N–H and O–H groups in total. The first-order valence-electron chi connectivity index (χ1n) is 34.0. The third-order valence-corrected chi connectivity index (χ3v) is 15.4. The van der Waals surface area contributed by atoms with Crippen molar-refractivity contribution in [1.82, 2.24) is 0 Å². The molecular formula is C70H130O6. The number of rotatable bonds is 63. The fraction of sp³-hybridized carbons (Fsp3) is 0.871. The third kappa shape index (κ3) is 62.5. The van der Waals surface area contributed by atoms with E-state index in [4.69, 9.17) is 14.2 Å². The van der Waals surface area contributed by atoms with Crippen LogP contribution in [0.5, 0.6) is 0 Å². The average Bonchev–Trinajstić information content (AvgIpc) is 3.42. The molecule has 0 bridgehead atoms. The Balaban J connectivity index is 4.02. The fourth-order valence-corrected chi connectivity index (χ4v) is 10.2. The van der Waals surface area contributed by atoms with Gasteiger partial charge in [0.1, 0.15) is 13.2 Å². The lowest BCUT2D eigenvalue weighted by Gasteiger charge is -2.18. The molecule has 6 heteroatoms. The lowest BCUT2D eigenvalue weighted by atomic mass is 10.0. The molecule has 0 radical (unpaired) electrons. The van der Waals surface area contributed by atoms with Crippen molar-refractivity contribution in [3.63, 3.8) is 0 Å². The molecule has 0 rings (SSSR count). The normalized spacial score (nSPS) is 12.2. The second-order valence-electron chi connectivity index (χ2n) is 23.1. The van der Waals surface area contributed by atoms with Crippen molar-refractivity contribution in [2.24, 2.45) is 0 Å². The smallest absolute Gasteiger partial charge is 0.306 e. The summed E-state index contributed by atoms with van der Waals surface area (Å²) in [7, 11) is 0. The first-order valence-corrected chi connectivity index (χ1v) is 34.0. The van der Waals surface area contributed by atoms with Gasteiger partial charge >= 0.3 is 17.9 Å². The SMILES string of the molecule is CCCCCC/C=C\C/C=C\CCCCCCCC(=O)OC(COC(=O)CCCCCCCCCCC)COC(=O)CCCCCCCCCCCCCCCCCCCCCCC/C=C\CCCCCCCCCC. The zero-order valence-electron chi connectivity index (χ0n) is 51.3. The molecule has 0 amide bonds. The Morgan fingerprint density at radius 2 is 0.474 bits per heavy atom. The van der Waals surface area contributed by atoms with E-state index in [1.807, 2.05) is 0 Å². The second kappa shape index (κ2) is 65.2. The number of hydrogen-bond acceptors (Lipinski definition) is 6. The summed E-state index contributed by atoms with van der Waals surface area (Å²) in [5, 5.41) is 0. The van der Waals surface area contributed by atoms with Gasteiger partial charge < -0.3 is 14.2 Å². The first kappa shape index (κ1) is 73.6. The van der Waals surface area contributed by atoms with Gasteiger partial charge in [-0.3, -0.25) is 14.4 Å². The van der Waals surface area contributed by atoms with Gasteiger partial charge in [-0.25, -0.2) is 0 Å². The number of ether oxygens (including phenoxy) is 3. The third-order valence-electron chi connectivity index (χ3n) is 15.4. The van der Waals surface area contributed by atoms with Gasteiger partial charge in [0.15, 0.2) is 6.10 Å². The van der Waals surface area contributed by atoms with Crippen LogP contribution in [0.3, 0.4) is 0 Å². The molecule has 0 heterocycles. The molecule has 0 aliphatic carbocycles. The van der Waals surface area contributed by atoms with E-state index >= 15 is 0 Å². The Kier molecular flexibility index (Phi) is 63.1. The summed E-state index contributed by atoms with van der Waals surface area (Å²) in [5.41, 5.74) is 0. The molecule has 1 atom stereocenters. The highest BCUT2D eigenvalue weighted by Gasteiger charge is 2.19. The van der Waals surface area contributed by atoms with E-state index in [1.165, 1.54) is 257 Å². The van der Waals surface area contributed by atoms with Crippen LogP contribution < -0.4 is 0 Å². The van der Waals surface area contributed by atoms with Gasteiger partial charge in [-0.05, 0) is 77.0 Å². The maximum atomic E-state index is 12.9. The van der Waals surface area contributed by atoms with Crippen LogP contribution in [0.1, 0.15) is 374 Å². The van der Waals surface area contributed by atoms with Crippen LogP contribution in [0.15, 0.2) is 36.5 Å². The number of hydrogen-bond donors (Lipinski definition) is 0. The Bertz CT molecular complexity index is 1270. The monoisotopic (exact) mass is 1070 g/mol. The molecule has 0 aliphatic rings. The largest absolute Gasteiger partial charge is 0.462 e. The molecule has 0 aromatic rings. The van der Waals surface area contributed by atoms with Gasteiger partial charge in [-0.1, -0.05) is 314 Å². The van der Waals surface area contributed by atoms with Gasteiger partial charge in [0.2, 0.25) is 0 Å². The predicted molar refractivity (Wildman–Crippen MR) is 330 cm³/mol. The van der Waals surface area contributed by atoms with Crippen molar-refractivity contribution in [2.45, 2.75) is 380 Å². The quantitative estimate of drug-likeness (QED) is 0.0261. The lowest BCUT2D eigenvalue weighted by molar-refractivity contribution is -0.167. The Morgan fingerprint density at radius 1 is 0.263 bits per heavy atom. The van der Waals surface area contributed by atoms with Crippen LogP contribution in [-0.2, 0) is 28.6 Å². The maximum Gasteiger partial charge on any atom is 0.306 e. The van der Waals surface area contributed by atoms with Gasteiger partial charge in [0.25, 0.3) is 0 Å². The van der Waals surface area contributed by atoms with E-state index in [0.29, 0.717) is 19.3 Å². The number of unbranched alkanes of at least 4 members (excludes halogenated alkanes) is 46. The summed E-state index contributed by atoms with van der Waals surface area (Å²) in [6.07, 6.45) is 80.5. The summed E-state index contributed by atoms with van der Waals surface area (Å²) < 4.78 is 16.9. The topological polar surface area (TPSA) is 78.9 Å². The van der Waals surface area contributed by atoms with E-state index in [-0.39, 0.29) is 31.1 Å². The van der Waals surface area contributed by atoms with Crippen molar-refractivity contribution in [3.05, 3.63) is 36.5 Å². The van der Waals surface area contributed by atoms with Crippen molar-refractivity contribution < 1.29 is 28.6 Å². The molecule has 0 fully saturated rings. The first-order chi connectivity index (χ1) is 37.5. The summed E-state index contributed by atoms with van der Waals surface area (Å²) in [4.78, 5) is 38.1. The molecule has 0 aromatic carbocycles.